The van der Waals surface area contributed by atoms with E-state index >= 15 is 0 Å². The Labute approximate surface area is 242 Å². The molecule has 6 rings (SSSR count). The number of imidazole rings is 1. The van der Waals surface area contributed by atoms with Crippen molar-refractivity contribution >= 4 is 23.1 Å². The van der Waals surface area contributed by atoms with E-state index < -0.39 is 4.92 Å². The van der Waals surface area contributed by atoms with Gasteiger partial charge in [0, 0.05) is 61.4 Å². The standard InChI is InChI=1S/C30H30ClN5O5/c31-23-3-9-27(10-4-23)40-26-7-1-22(2-8-26)19-33-15-17-34(18-16-33)24-5-11-25(12-6-24)39-21-28-13-14-35-20-29(36(37)38)32-30(35)41-28/h1-12,20,28H,13-19,21H2/t28-/m0/s1. The SMILES string of the molecule is O=[N+]([O-])c1cn2c(n1)O[C@H](COc1ccc(N3CCN(Cc4ccc(Oc5ccc(Cl)cc5)cc4)CC3)cc1)CC2. The number of anilines is 1. The zero-order chi connectivity index (χ0) is 28.2. The Balaban J connectivity index is 0.940. The van der Waals surface area contributed by atoms with Crippen LogP contribution >= 0.6 is 11.6 Å². The van der Waals surface area contributed by atoms with Crippen LogP contribution in [-0.2, 0) is 13.1 Å². The third kappa shape index (κ3) is 6.72. The van der Waals surface area contributed by atoms with Gasteiger partial charge >= 0.3 is 11.8 Å². The number of fused-ring (bicyclic) bond motifs is 1. The number of hydrogen-bond acceptors (Lipinski definition) is 8. The second-order valence-electron chi connectivity index (χ2n) is 10.1. The smallest absolute Gasteiger partial charge is 0.414 e. The third-order valence-electron chi connectivity index (χ3n) is 7.27. The highest BCUT2D eigenvalue weighted by Gasteiger charge is 2.28. The highest BCUT2D eigenvalue weighted by atomic mass is 35.5. The molecule has 0 amide bonds. The molecule has 2 aliphatic heterocycles. The van der Waals surface area contributed by atoms with Crippen LogP contribution in [0.5, 0.6) is 23.3 Å². The van der Waals surface area contributed by atoms with Crippen molar-refractivity contribution in [3.8, 4) is 23.3 Å². The summed E-state index contributed by atoms with van der Waals surface area (Å²) in [7, 11) is 0. The normalized spacial score (nSPS) is 17.0. The summed E-state index contributed by atoms with van der Waals surface area (Å²) in [6, 6.07) is 24.0. The molecule has 0 radical (unpaired) electrons. The zero-order valence-electron chi connectivity index (χ0n) is 22.4. The largest absolute Gasteiger partial charge is 0.490 e. The lowest BCUT2D eigenvalue weighted by Crippen LogP contribution is -2.45. The molecule has 1 fully saturated rings. The molecule has 0 unspecified atom stereocenters. The van der Waals surface area contributed by atoms with Gasteiger partial charge in [-0.05, 0) is 71.2 Å². The molecule has 1 atom stereocenters. The van der Waals surface area contributed by atoms with Gasteiger partial charge < -0.3 is 29.2 Å². The summed E-state index contributed by atoms with van der Waals surface area (Å²) in [6.07, 6.45) is 1.90. The van der Waals surface area contributed by atoms with Crippen molar-refractivity contribution in [3.05, 3.63) is 99.7 Å². The summed E-state index contributed by atoms with van der Waals surface area (Å²) in [5, 5.41) is 11.6. The molecule has 11 heteroatoms. The Kier molecular flexibility index (Phi) is 7.93. The van der Waals surface area contributed by atoms with Crippen LogP contribution in [0.4, 0.5) is 11.5 Å². The lowest BCUT2D eigenvalue weighted by molar-refractivity contribution is -0.389. The van der Waals surface area contributed by atoms with Crippen molar-refractivity contribution in [3.63, 3.8) is 0 Å². The fourth-order valence-electron chi connectivity index (χ4n) is 5.00. The first-order valence-electron chi connectivity index (χ1n) is 13.6. The van der Waals surface area contributed by atoms with Crippen LogP contribution in [0.2, 0.25) is 5.02 Å². The summed E-state index contributed by atoms with van der Waals surface area (Å²) in [6.45, 7) is 5.73. The van der Waals surface area contributed by atoms with E-state index in [1.165, 1.54) is 17.4 Å². The maximum atomic E-state index is 10.9. The molecule has 1 saturated heterocycles. The molecule has 212 valence electrons. The minimum atomic E-state index is -0.513. The molecule has 2 aliphatic rings. The molecule has 3 heterocycles. The summed E-state index contributed by atoms with van der Waals surface area (Å²) in [5.41, 5.74) is 2.43. The highest BCUT2D eigenvalue weighted by molar-refractivity contribution is 6.30. The van der Waals surface area contributed by atoms with E-state index in [2.05, 4.69) is 39.0 Å². The number of halogens is 1. The number of aryl methyl sites for hydroxylation is 1. The van der Waals surface area contributed by atoms with E-state index in [1.807, 2.05) is 48.5 Å². The third-order valence-corrected chi connectivity index (χ3v) is 7.52. The van der Waals surface area contributed by atoms with Crippen molar-refractivity contribution in [1.82, 2.24) is 14.5 Å². The number of nitro groups is 1. The van der Waals surface area contributed by atoms with Crippen LogP contribution < -0.4 is 19.1 Å². The van der Waals surface area contributed by atoms with Gasteiger partial charge in [0.15, 0.2) is 0 Å². The minimum absolute atomic E-state index is 0.201. The van der Waals surface area contributed by atoms with E-state index in [1.54, 1.807) is 4.57 Å². The number of ether oxygens (including phenoxy) is 3. The van der Waals surface area contributed by atoms with E-state index in [4.69, 9.17) is 25.8 Å². The Morgan fingerprint density at radius 2 is 1.56 bits per heavy atom. The van der Waals surface area contributed by atoms with Crippen molar-refractivity contribution in [1.29, 1.82) is 0 Å². The van der Waals surface area contributed by atoms with Crippen LogP contribution in [0.3, 0.4) is 0 Å². The molecule has 0 saturated carbocycles. The van der Waals surface area contributed by atoms with Crippen molar-refractivity contribution in [2.24, 2.45) is 0 Å². The summed E-state index contributed by atoms with van der Waals surface area (Å²) in [4.78, 5) is 19.2. The first-order valence-corrected chi connectivity index (χ1v) is 14.0. The number of hydrogen-bond donors (Lipinski definition) is 0. The maximum Gasteiger partial charge on any atom is 0.414 e. The van der Waals surface area contributed by atoms with Crippen molar-refractivity contribution in [2.45, 2.75) is 25.6 Å². The first kappa shape index (κ1) is 26.9. The second-order valence-corrected chi connectivity index (χ2v) is 10.6. The summed E-state index contributed by atoms with van der Waals surface area (Å²) in [5.74, 6) is 2.13. The molecule has 0 N–H and O–H groups in total. The minimum Gasteiger partial charge on any atom is -0.490 e. The fourth-order valence-corrected chi connectivity index (χ4v) is 5.13. The molecular formula is C30H30ClN5O5. The molecule has 1 aromatic heterocycles. The number of rotatable bonds is 9. The van der Waals surface area contributed by atoms with Gasteiger partial charge in [0.2, 0.25) is 0 Å². The molecule has 10 nitrogen and oxygen atoms in total. The first-order chi connectivity index (χ1) is 20.0. The molecule has 0 spiro atoms. The topological polar surface area (TPSA) is 95.1 Å². The molecule has 3 aromatic carbocycles. The molecule has 0 aliphatic carbocycles. The van der Waals surface area contributed by atoms with Crippen molar-refractivity contribution in [2.75, 3.05) is 37.7 Å². The van der Waals surface area contributed by atoms with Gasteiger partial charge in [0.05, 0.1) is 0 Å². The van der Waals surface area contributed by atoms with Gasteiger partial charge in [-0.1, -0.05) is 23.7 Å². The van der Waals surface area contributed by atoms with E-state index in [-0.39, 0.29) is 17.9 Å². The molecule has 4 aromatic rings. The van der Waals surface area contributed by atoms with Gasteiger partial charge in [-0.3, -0.25) is 9.47 Å². The lowest BCUT2D eigenvalue weighted by Gasteiger charge is -2.36. The molecule has 41 heavy (non-hydrogen) atoms. The van der Waals surface area contributed by atoms with Crippen molar-refractivity contribution < 1.29 is 19.1 Å². The van der Waals surface area contributed by atoms with Crippen LogP contribution in [0.25, 0.3) is 0 Å². The predicted molar refractivity (Wildman–Crippen MR) is 155 cm³/mol. The van der Waals surface area contributed by atoms with E-state index in [9.17, 15) is 10.1 Å². The number of benzene rings is 3. The van der Waals surface area contributed by atoms with Crippen LogP contribution in [0.15, 0.2) is 79.0 Å². The quantitative estimate of drug-likeness (QED) is 0.183. The zero-order valence-corrected chi connectivity index (χ0v) is 23.2. The van der Waals surface area contributed by atoms with Gasteiger partial charge in [-0.15, -0.1) is 0 Å². The Bertz CT molecular complexity index is 1470. The van der Waals surface area contributed by atoms with E-state index in [0.29, 0.717) is 24.6 Å². The molecule has 0 bridgehead atoms. The molecular weight excluding hydrogens is 546 g/mol. The summed E-state index contributed by atoms with van der Waals surface area (Å²) < 4.78 is 19.3. The van der Waals surface area contributed by atoms with Crippen LogP contribution in [0.1, 0.15) is 12.0 Å². The number of piperazine rings is 1. The number of aromatic nitrogens is 2. The Hall–Kier alpha value is -4.28. The average Bonchev–Trinajstić information content (AvgIpc) is 3.43. The van der Waals surface area contributed by atoms with Gasteiger partial charge in [-0.2, -0.15) is 0 Å². The van der Waals surface area contributed by atoms with Gasteiger partial charge in [0.25, 0.3) is 0 Å². The van der Waals surface area contributed by atoms with Gasteiger partial charge in [-0.25, -0.2) is 0 Å². The van der Waals surface area contributed by atoms with Crippen LogP contribution in [0, 0.1) is 10.1 Å². The maximum absolute atomic E-state index is 10.9. The lowest BCUT2D eigenvalue weighted by atomic mass is 10.1. The summed E-state index contributed by atoms with van der Waals surface area (Å²) >= 11 is 5.95. The Morgan fingerprint density at radius 3 is 2.24 bits per heavy atom. The van der Waals surface area contributed by atoms with E-state index in [0.717, 1.165) is 50.0 Å². The number of nitrogens with zero attached hydrogens (tertiary/aromatic N) is 5. The average molecular weight is 576 g/mol. The second kappa shape index (κ2) is 12.1. The Morgan fingerprint density at radius 1 is 0.902 bits per heavy atom. The highest BCUT2D eigenvalue weighted by Crippen LogP contribution is 2.27. The predicted octanol–water partition coefficient (Wildman–Crippen LogP) is 5.79. The van der Waals surface area contributed by atoms with Gasteiger partial charge in [0.1, 0.15) is 36.2 Å². The fraction of sp³-hybridized carbons (Fsp3) is 0.300. The van der Waals surface area contributed by atoms with Crippen LogP contribution in [-0.4, -0.2) is 58.3 Å². The monoisotopic (exact) mass is 575 g/mol.